The van der Waals surface area contributed by atoms with Crippen molar-refractivity contribution in [2.45, 2.75) is 105 Å². The monoisotopic (exact) mass is 370 g/mol. The Balaban J connectivity index is 1.43. The van der Waals surface area contributed by atoms with Crippen LogP contribution in [0.3, 0.4) is 0 Å². The maximum atomic E-state index is 2.75. The van der Waals surface area contributed by atoms with Crippen molar-refractivity contribution in [1.29, 1.82) is 0 Å². The van der Waals surface area contributed by atoms with E-state index in [0.717, 1.165) is 47.3 Å². The summed E-state index contributed by atoms with van der Waals surface area (Å²) in [5.41, 5.74) is 2.44. The predicted octanol–water partition coefficient (Wildman–Crippen LogP) is 8.27. The van der Waals surface area contributed by atoms with Crippen LogP contribution in [0.15, 0.2) is 11.6 Å². The van der Waals surface area contributed by atoms with Gasteiger partial charge in [-0.3, -0.25) is 0 Å². The summed E-state index contributed by atoms with van der Waals surface area (Å²) in [6.07, 6.45) is 19.1. The van der Waals surface area contributed by atoms with Crippen molar-refractivity contribution in [3.05, 3.63) is 11.6 Å². The molecule has 0 N–H and O–H groups in total. The van der Waals surface area contributed by atoms with Gasteiger partial charge in [-0.25, -0.2) is 0 Å². The van der Waals surface area contributed by atoms with E-state index in [9.17, 15) is 0 Å². The molecule has 0 aromatic carbocycles. The molecule has 4 rings (SSSR count). The first kappa shape index (κ1) is 20.0. The number of hydrogen-bond acceptors (Lipinski definition) is 0. The highest BCUT2D eigenvalue weighted by atomic mass is 14.6. The molecule has 0 bridgehead atoms. The lowest BCUT2D eigenvalue weighted by Gasteiger charge is -2.55. The predicted molar refractivity (Wildman–Crippen MR) is 118 cm³/mol. The average Bonchev–Trinajstić information content (AvgIpc) is 3.06. The van der Waals surface area contributed by atoms with Gasteiger partial charge in [0, 0.05) is 0 Å². The largest absolute Gasteiger partial charge is 0.0845 e. The summed E-state index contributed by atoms with van der Waals surface area (Å²) >= 11 is 0. The Morgan fingerprint density at radius 1 is 0.963 bits per heavy atom. The molecular weight excluding hydrogens is 324 g/mol. The van der Waals surface area contributed by atoms with Gasteiger partial charge in [0.25, 0.3) is 0 Å². The van der Waals surface area contributed by atoms with Crippen molar-refractivity contribution >= 4 is 0 Å². The van der Waals surface area contributed by atoms with E-state index >= 15 is 0 Å². The van der Waals surface area contributed by atoms with Gasteiger partial charge in [0.1, 0.15) is 0 Å². The van der Waals surface area contributed by atoms with Crippen molar-refractivity contribution in [2.24, 2.45) is 52.8 Å². The van der Waals surface area contributed by atoms with Crippen LogP contribution in [0.2, 0.25) is 0 Å². The molecule has 0 amide bonds. The van der Waals surface area contributed by atoms with E-state index in [1.165, 1.54) is 44.9 Å². The highest BCUT2D eigenvalue weighted by Crippen LogP contribution is 2.63. The minimum Gasteiger partial charge on any atom is -0.0845 e. The van der Waals surface area contributed by atoms with E-state index in [1.807, 2.05) is 5.57 Å². The second-order valence-electron chi connectivity index (χ2n) is 11.9. The molecule has 0 radical (unpaired) electrons. The SMILES string of the molecule is CC(C)CCC[C@@H](C)[C@H]1CCC2[C@@H]3CC=C4C[C@@H](C)CC[C@]4(C)C3CC[C@@H]21. The van der Waals surface area contributed by atoms with E-state index in [0.29, 0.717) is 5.41 Å². The number of fused-ring (bicyclic) bond motifs is 5. The van der Waals surface area contributed by atoms with Crippen LogP contribution in [-0.2, 0) is 0 Å². The quantitative estimate of drug-likeness (QED) is 0.427. The van der Waals surface area contributed by atoms with Crippen LogP contribution in [-0.4, -0.2) is 0 Å². The van der Waals surface area contributed by atoms with Crippen molar-refractivity contribution in [3.63, 3.8) is 0 Å². The Morgan fingerprint density at radius 3 is 2.52 bits per heavy atom. The molecule has 0 aliphatic heterocycles. The zero-order chi connectivity index (χ0) is 19.2. The lowest BCUT2D eigenvalue weighted by molar-refractivity contribution is -0.00381. The summed E-state index contributed by atoms with van der Waals surface area (Å²) in [5.74, 6) is 8.01. The minimum absolute atomic E-state index is 0.571. The van der Waals surface area contributed by atoms with Crippen molar-refractivity contribution in [2.75, 3.05) is 0 Å². The minimum atomic E-state index is 0.571. The lowest BCUT2D eigenvalue weighted by atomic mass is 9.49. The molecule has 27 heavy (non-hydrogen) atoms. The Kier molecular flexibility index (Phi) is 5.84. The summed E-state index contributed by atoms with van der Waals surface area (Å²) in [6, 6.07) is 0. The summed E-state index contributed by atoms with van der Waals surface area (Å²) in [6.45, 7) is 12.5. The highest BCUT2D eigenvalue weighted by Gasteiger charge is 2.54. The fourth-order valence-electron chi connectivity index (χ4n) is 8.31. The van der Waals surface area contributed by atoms with Crippen molar-refractivity contribution in [3.8, 4) is 0 Å². The van der Waals surface area contributed by atoms with E-state index in [2.05, 4.69) is 40.7 Å². The smallest absolute Gasteiger partial charge is 0.00851 e. The fraction of sp³-hybridized carbons (Fsp3) is 0.926. The molecule has 3 saturated carbocycles. The van der Waals surface area contributed by atoms with Gasteiger partial charge in [0.15, 0.2) is 0 Å². The Bertz CT molecular complexity index is 542. The van der Waals surface area contributed by atoms with Crippen LogP contribution in [0.25, 0.3) is 0 Å². The van der Waals surface area contributed by atoms with Crippen LogP contribution in [0.4, 0.5) is 0 Å². The van der Waals surface area contributed by atoms with Crippen molar-refractivity contribution in [1.82, 2.24) is 0 Å². The van der Waals surface area contributed by atoms with Crippen LogP contribution in [0.1, 0.15) is 105 Å². The highest BCUT2D eigenvalue weighted by molar-refractivity contribution is 5.24. The molecule has 0 saturated heterocycles. The van der Waals surface area contributed by atoms with E-state index < -0.39 is 0 Å². The van der Waals surface area contributed by atoms with E-state index in [1.54, 1.807) is 25.7 Å². The van der Waals surface area contributed by atoms with Crippen LogP contribution < -0.4 is 0 Å². The van der Waals surface area contributed by atoms with Gasteiger partial charge in [-0.2, -0.15) is 0 Å². The first-order valence-corrected chi connectivity index (χ1v) is 12.6. The van der Waals surface area contributed by atoms with Gasteiger partial charge in [-0.05, 0) is 104 Å². The molecule has 0 aromatic rings. The molecule has 0 aromatic heterocycles. The molecule has 0 spiro atoms. The van der Waals surface area contributed by atoms with Gasteiger partial charge in [-0.1, -0.05) is 65.5 Å². The molecule has 0 heteroatoms. The first-order chi connectivity index (χ1) is 12.9. The summed E-state index contributed by atoms with van der Waals surface area (Å²) in [5, 5.41) is 0. The molecule has 3 fully saturated rings. The summed E-state index contributed by atoms with van der Waals surface area (Å²) < 4.78 is 0. The maximum absolute atomic E-state index is 2.75. The van der Waals surface area contributed by atoms with Gasteiger partial charge in [-0.15, -0.1) is 0 Å². The zero-order valence-electron chi connectivity index (χ0n) is 19.0. The molecule has 2 unspecified atom stereocenters. The van der Waals surface area contributed by atoms with Crippen LogP contribution in [0, 0.1) is 52.8 Å². The van der Waals surface area contributed by atoms with Crippen molar-refractivity contribution < 1.29 is 0 Å². The molecule has 0 nitrogen and oxygen atoms in total. The second kappa shape index (κ2) is 7.87. The third-order valence-corrected chi connectivity index (χ3v) is 9.90. The molecule has 4 aliphatic rings. The molecule has 4 aliphatic carbocycles. The van der Waals surface area contributed by atoms with Gasteiger partial charge >= 0.3 is 0 Å². The molecule has 8 atom stereocenters. The van der Waals surface area contributed by atoms with Crippen LogP contribution in [0.5, 0.6) is 0 Å². The van der Waals surface area contributed by atoms with Crippen LogP contribution >= 0.6 is 0 Å². The normalized spacial score (nSPS) is 45.0. The summed E-state index contributed by atoms with van der Waals surface area (Å²) in [7, 11) is 0. The Labute approximate surface area is 170 Å². The van der Waals surface area contributed by atoms with Gasteiger partial charge in [0.05, 0.1) is 0 Å². The Hall–Kier alpha value is -0.260. The van der Waals surface area contributed by atoms with E-state index in [-0.39, 0.29) is 0 Å². The first-order valence-electron chi connectivity index (χ1n) is 12.6. The Morgan fingerprint density at radius 2 is 1.74 bits per heavy atom. The maximum Gasteiger partial charge on any atom is -0.00851 e. The topological polar surface area (TPSA) is 0 Å². The van der Waals surface area contributed by atoms with Gasteiger partial charge in [0.2, 0.25) is 0 Å². The lowest BCUT2D eigenvalue weighted by Crippen LogP contribution is -2.47. The third kappa shape index (κ3) is 3.69. The third-order valence-electron chi connectivity index (χ3n) is 9.90. The van der Waals surface area contributed by atoms with Gasteiger partial charge < -0.3 is 0 Å². The average molecular weight is 371 g/mol. The molecular formula is C27H46. The molecule has 154 valence electrons. The summed E-state index contributed by atoms with van der Waals surface area (Å²) in [4.78, 5) is 0. The number of rotatable bonds is 5. The molecule has 0 heterocycles. The van der Waals surface area contributed by atoms with E-state index in [4.69, 9.17) is 0 Å². The fourth-order valence-corrected chi connectivity index (χ4v) is 8.31. The number of hydrogen-bond donors (Lipinski definition) is 0. The second-order valence-corrected chi connectivity index (χ2v) is 11.9. The standard InChI is InChI=1S/C27H46/c1-18(2)7-6-8-20(4)22-11-12-24-23(22)13-14-26-25(24)10-9-21-17-19(3)15-16-27(21,26)5/h9,18-20,22-26H,6-8,10-17H2,1-5H3/t19-,20+,22+,23+,24?,25-,26?,27-/m0/s1. The number of allylic oxidation sites excluding steroid dienone is 2. The zero-order valence-corrected chi connectivity index (χ0v) is 19.0.